The minimum absolute atomic E-state index is 0. The normalized spacial score (nSPS) is 39.0. The largest absolute Gasteiger partial charge is 1.00 e. The summed E-state index contributed by atoms with van der Waals surface area (Å²) in [6, 6.07) is 9.78. The van der Waals surface area contributed by atoms with Crippen molar-refractivity contribution < 1.29 is 88.1 Å². The molecule has 6 fully saturated rings. The number of nitrogens with zero attached hydrogens (tertiary/aromatic N) is 1. The molecule has 1 unspecified atom stereocenters. The summed E-state index contributed by atoms with van der Waals surface area (Å²) in [6.45, 7) is 4.79. The van der Waals surface area contributed by atoms with Gasteiger partial charge in [0.2, 0.25) is 16.5 Å². The van der Waals surface area contributed by atoms with Crippen LogP contribution in [-0.2, 0) is 34.2 Å². The molecular formula is C46H53BrF3NO11S3. The van der Waals surface area contributed by atoms with Crippen molar-refractivity contribution in [3.63, 3.8) is 0 Å². The average molecular weight is 1030 g/mol. The number of piperidine rings is 1. The molecule has 0 spiro atoms. The van der Waals surface area contributed by atoms with Crippen LogP contribution in [0.25, 0.3) is 0 Å². The number of thioether (sulfide) groups is 1. The molecule has 3 aliphatic heterocycles. The van der Waals surface area contributed by atoms with Crippen molar-refractivity contribution in [2.75, 3.05) is 20.1 Å². The number of aliphatic hydroxyl groups is 2. The van der Waals surface area contributed by atoms with Crippen LogP contribution in [0.15, 0.2) is 81.6 Å². The van der Waals surface area contributed by atoms with Crippen molar-refractivity contribution in [1.29, 1.82) is 0 Å². The number of allylic oxidation sites excluding steroid dienone is 4. The number of rotatable bonds is 8. The molecule has 3 saturated heterocycles. The minimum Gasteiger partial charge on any atom is -1.00 e. The molecule has 0 amide bonds. The van der Waals surface area contributed by atoms with E-state index >= 15 is 8.78 Å². The standard InChI is InChI=1S/C27H29F3O6S.C19H22NO4S2.BrH.H2O/c1-14-9-16-17-11-19(29)18-10-15(31)6-7-24(18,2)26(17,30)21(32)12-25(16,3)27(14,23(34)37-13-28)36-22(33)20-5-4-8-35-20;1-20(2)12-9-11(10-13(20)17-16(12)24-17)23-18(21)19(22,14-5-3-7-25-14)15-6-4-8-26-15;;/h4-8,10,14,16-17,19,21,32H,9,11-13H2,1-3H3;3-8,11-13,16-17,22H,9-10H2,1-2H3;1H;1H2/q;+1;;/p-1/t14-,16+,17+,19+,21+,24+,25+,26+,27+;11?,12-,13+,16-,17+;;/m1.../s1. The van der Waals surface area contributed by atoms with Gasteiger partial charge in [-0.25, -0.2) is 22.8 Å². The minimum atomic E-state index is -2.35. The maximum Gasteiger partial charge on any atom is 0.375 e. The van der Waals surface area contributed by atoms with E-state index in [2.05, 4.69) is 14.1 Å². The molecule has 19 heteroatoms. The number of carbonyl (C=O) groups excluding carboxylic acids is 4. The van der Waals surface area contributed by atoms with Crippen LogP contribution in [0.1, 0.15) is 73.2 Å². The van der Waals surface area contributed by atoms with Crippen molar-refractivity contribution >= 4 is 57.3 Å². The second kappa shape index (κ2) is 17.4. The van der Waals surface area contributed by atoms with Crippen LogP contribution in [0.4, 0.5) is 13.2 Å². The van der Waals surface area contributed by atoms with E-state index < -0.39 is 86.6 Å². The Kier molecular flexibility index (Phi) is 13.3. The highest BCUT2D eigenvalue weighted by atomic mass is 79.9. The number of hydrogen-bond donors (Lipinski definition) is 2. The van der Waals surface area contributed by atoms with Gasteiger partial charge < -0.3 is 55.8 Å². The molecule has 7 aliphatic rings. The summed E-state index contributed by atoms with van der Waals surface area (Å²) >= 11 is 3.10. The highest BCUT2D eigenvalue weighted by Crippen LogP contribution is 2.72. The van der Waals surface area contributed by atoms with E-state index in [0.29, 0.717) is 45.8 Å². The van der Waals surface area contributed by atoms with Crippen LogP contribution < -0.4 is 17.0 Å². The van der Waals surface area contributed by atoms with E-state index in [1.165, 1.54) is 60.1 Å². The van der Waals surface area contributed by atoms with Gasteiger partial charge in [-0.15, -0.1) is 22.7 Å². The number of carbonyl (C=O) groups is 4. The number of likely N-dealkylation sites (N-methyl/N-ethyl adjacent to an activating group) is 1. The third-order valence-electron chi connectivity index (χ3n) is 16.0. The molecule has 2 bridgehead atoms. The molecule has 10 rings (SSSR count). The Labute approximate surface area is 397 Å². The Morgan fingerprint density at radius 1 is 1.00 bits per heavy atom. The summed E-state index contributed by atoms with van der Waals surface area (Å²) in [4.78, 5) is 53.0. The molecular weight excluding hydrogens is 976 g/mol. The monoisotopic (exact) mass is 1030 g/mol. The third kappa shape index (κ3) is 7.22. The van der Waals surface area contributed by atoms with E-state index in [1.807, 2.05) is 22.9 Å². The Bertz CT molecular complexity index is 2290. The first kappa shape index (κ1) is 49.8. The van der Waals surface area contributed by atoms with Gasteiger partial charge in [0.25, 0.3) is 0 Å². The highest BCUT2D eigenvalue weighted by Gasteiger charge is 2.78. The van der Waals surface area contributed by atoms with Gasteiger partial charge in [-0.3, -0.25) is 9.59 Å². The summed E-state index contributed by atoms with van der Waals surface area (Å²) in [7, 11) is 4.49. The number of furan rings is 1. The van der Waals surface area contributed by atoms with Crippen molar-refractivity contribution in [1.82, 2.24) is 0 Å². The lowest BCUT2D eigenvalue weighted by Crippen LogP contribution is -3.00. The van der Waals surface area contributed by atoms with Crippen LogP contribution >= 0.6 is 34.4 Å². The number of aliphatic hydroxyl groups excluding tert-OH is 1. The summed E-state index contributed by atoms with van der Waals surface area (Å²) in [5.41, 5.74) is -8.91. The molecule has 0 radical (unpaired) electrons. The van der Waals surface area contributed by atoms with E-state index in [9.17, 15) is 33.8 Å². The van der Waals surface area contributed by atoms with Crippen molar-refractivity contribution in [3.05, 3.63) is 92.7 Å². The zero-order valence-corrected chi connectivity index (χ0v) is 40.3. The molecule has 4 aliphatic carbocycles. The number of alkyl halides is 3. The number of fused-ring (bicyclic) bond motifs is 10. The first-order valence-electron chi connectivity index (χ1n) is 21.3. The molecule has 3 saturated carbocycles. The van der Waals surface area contributed by atoms with Gasteiger partial charge in [-0.05, 0) is 96.6 Å². The SMILES string of the molecule is C[C@@H]1C[C@H]2[C@@H]3C[C@H](F)C4=CC(=O)C=C[C@]4(C)[C@@]3(F)[C@@H](O)C[C@]2(C)[C@@]1(OC(=O)c1ccco1)C(=O)SCF.C[N+]1(C)[C@@H]2CC(OC(=O)C(O)(c3cccs3)c3cccs3)C[C@H]1[C@@H]1O[C@@H]12.O.[Br-]. The van der Waals surface area contributed by atoms with Gasteiger partial charge in [0.15, 0.2) is 17.1 Å². The van der Waals surface area contributed by atoms with Gasteiger partial charge in [-0.1, -0.05) is 32.1 Å². The fourth-order valence-corrected chi connectivity index (χ4v) is 15.3. The molecule has 0 aromatic carbocycles. The number of morpholine rings is 1. The number of hydrogen-bond acceptors (Lipinski definition) is 13. The van der Waals surface area contributed by atoms with Crippen molar-refractivity contribution in [3.8, 4) is 0 Å². The highest BCUT2D eigenvalue weighted by molar-refractivity contribution is 8.13. The lowest BCUT2D eigenvalue weighted by molar-refractivity contribution is -0.938. The lowest BCUT2D eigenvalue weighted by atomic mass is 9.44. The van der Waals surface area contributed by atoms with E-state index in [-0.39, 0.29) is 59.2 Å². The fourth-order valence-electron chi connectivity index (χ4n) is 12.8. The molecule has 12 nitrogen and oxygen atoms in total. The Morgan fingerprint density at radius 2 is 1.63 bits per heavy atom. The summed E-state index contributed by atoms with van der Waals surface area (Å²) < 4.78 is 70.2. The molecule has 4 N–H and O–H groups in total. The van der Waals surface area contributed by atoms with Gasteiger partial charge in [0.1, 0.15) is 42.6 Å². The Morgan fingerprint density at radius 3 is 2.18 bits per heavy atom. The molecule has 14 atom stereocenters. The Balaban J connectivity index is 0.000000198. The van der Waals surface area contributed by atoms with E-state index in [1.54, 1.807) is 26.0 Å². The predicted octanol–water partition coefficient (Wildman–Crippen LogP) is 3.45. The predicted molar refractivity (Wildman–Crippen MR) is 231 cm³/mol. The molecule has 3 aromatic rings. The number of ether oxygens (including phenoxy) is 3. The van der Waals surface area contributed by atoms with Crippen LogP contribution in [0.2, 0.25) is 0 Å². The van der Waals surface area contributed by atoms with Crippen LogP contribution in [0.5, 0.6) is 0 Å². The van der Waals surface area contributed by atoms with Crippen LogP contribution in [0, 0.1) is 28.6 Å². The smallest absolute Gasteiger partial charge is 0.375 e. The zero-order valence-electron chi connectivity index (χ0n) is 36.3. The number of quaternary nitrogens is 1. The molecule has 354 valence electrons. The second-order valence-electron chi connectivity index (χ2n) is 19.1. The topological polar surface area (TPSA) is 184 Å². The quantitative estimate of drug-likeness (QED) is 0.192. The second-order valence-corrected chi connectivity index (χ2v) is 21.9. The van der Waals surface area contributed by atoms with Crippen molar-refractivity contribution in [2.24, 2.45) is 28.6 Å². The number of halogens is 4. The maximum atomic E-state index is 17.4. The average Bonchev–Trinajstić information content (AvgIpc) is 3.82. The van der Waals surface area contributed by atoms with E-state index in [4.69, 9.17) is 18.6 Å². The molecule has 65 heavy (non-hydrogen) atoms. The van der Waals surface area contributed by atoms with Crippen molar-refractivity contribution in [2.45, 2.75) is 112 Å². The van der Waals surface area contributed by atoms with Crippen LogP contribution in [0.3, 0.4) is 0 Å². The maximum absolute atomic E-state index is 17.4. The molecule has 3 aromatic heterocycles. The summed E-state index contributed by atoms with van der Waals surface area (Å²) in [6.07, 6.45) is 3.21. The number of epoxide rings is 1. The Hall–Kier alpha value is -3.14. The van der Waals surface area contributed by atoms with Gasteiger partial charge >= 0.3 is 11.9 Å². The first-order chi connectivity index (χ1) is 29.8. The van der Waals surface area contributed by atoms with Gasteiger partial charge in [0, 0.05) is 35.5 Å². The van der Waals surface area contributed by atoms with Gasteiger partial charge in [0.05, 0.1) is 36.2 Å². The first-order valence-corrected chi connectivity index (χ1v) is 24.0. The third-order valence-corrected chi connectivity index (χ3v) is 18.6. The number of ketones is 1. The zero-order chi connectivity index (χ0) is 45.1. The summed E-state index contributed by atoms with van der Waals surface area (Å²) in [5, 5.41) is 25.8. The molecule has 6 heterocycles. The van der Waals surface area contributed by atoms with Crippen LogP contribution in [-0.4, -0.2) is 117 Å². The summed E-state index contributed by atoms with van der Waals surface area (Å²) in [5.74, 6) is -4.54. The number of thiophene rings is 2. The lowest BCUT2D eigenvalue weighted by Gasteiger charge is -2.63. The van der Waals surface area contributed by atoms with E-state index in [0.717, 1.165) is 23.4 Å². The number of esters is 2. The fraction of sp³-hybridized carbons (Fsp3) is 0.565. The van der Waals surface area contributed by atoms with Gasteiger partial charge in [-0.2, -0.15) is 0 Å².